The highest BCUT2D eigenvalue weighted by Crippen LogP contribution is 2.38. The molecule has 0 aromatic heterocycles. The fourth-order valence-electron chi connectivity index (χ4n) is 4.19. The normalized spacial score (nSPS) is 19.3. The summed E-state index contributed by atoms with van der Waals surface area (Å²) in [7, 11) is 3.34. The van der Waals surface area contributed by atoms with E-state index in [1.165, 1.54) is 0 Å². The van der Waals surface area contributed by atoms with Gasteiger partial charge in [-0.15, -0.1) is 0 Å². The third kappa shape index (κ3) is 4.12. The fourth-order valence-corrected chi connectivity index (χ4v) is 4.19. The van der Waals surface area contributed by atoms with E-state index < -0.39 is 0 Å². The molecule has 4 rings (SSSR count). The Morgan fingerprint density at radius 1 is 1.10 bits per heavy atom. The zero-order valence-corrected chi connectivity index (χ0v) is 17.0. The first-order valence-electron chi connectivity index (χ1n) is 10.1. The van der Waals surface area contributed by atoms with Crippen molar-refractivity contribution in [2.75, 3.05) is 33.9 Å². The first-order valence-corrected chi connectivity index (χ1v) is 10.1. The Balaban J connectivity index is 1.48. The Morgan fingerprint density at radius 3 is 2.69 bits per heavy atom. The van der Waals surface area contributed by atoms with Crippen LogP contribution in [0.3, 0.4) is 0 Å². The zero-order chi connectivity index (χ0) is 20.2. The van der Waals surface area contributed by atoms with Gasteiger partial charge in [-0.2, -0.15) is 5.10 Å². The van der Waals surface area contributed by atoms with Crippen LogP contribution in [0.25, 0.3) is 0 Å². The molecule has 0 spiro atoms. The monoisotopic (exact) mass is 393 g/mol. The number of methoxy groups -OCH3 is 2. The van der Waals surface area contributed by atoms with Gasteiger partial charge in [0.25, 0.3) is 5.91 Å². The molecule has 2 heterocycles. The van der Waals surface area contributed by atoms with Gasteiger partial charge in [-0.3, -0.25) is 9.69 Å². The Morgan fingerprint density at radius 2 is 1.93 bits per heavy atom. The molecule has 0 saturated carbocycles. The third-order valence-corrected chi connectivity index (χ3v) is 5.69. The fraction of sp³-hybridized carbons (Fsp3) is 0.391. The van der Waals surface area contributed by atoms with Crippen molar-refractivity contribution in [3.63, 3.8) is 0 Å². The van der Waals surface area contributed by atoms with Crippen LogP contribution in [-0.4, -0.2) is 55.4 Å². The topological polar surface area (TPSA) is 54.4 Å². The second-order valence-electron chi connectivity index (χ2n) is 7.42. The smallest absolute Gasteiger partial charge is 0.256 e. The number of carbonyl (C=O) groups excluding carboxylic acids is 1. The molecule has 0 N–H and O–H groups in total. The average molecular weight is 393 g/mol. The van der Waals surface area contributed by atoms with Crippen LogP contribution < -0.4 is 9.47 Å². The number of amides is 1. The van der Waals surface area contributed by atoms with Crippen molar-refractivity contribution in [3.05, 3.63) is 59.7 Å². The molecule has 2 aliphatic rings. The average Bonchev–Trinajstić information content (AvgIpc) is 3.44. The summed E-state index contributed by atoms with van der Waals surface area (Å²) in [6.07, 6.45) is 2.84. The molecule has 1 unspecified atom stereocenters. The number of hydrazone groups is 1. The van der Waals surface area contributed by atoms with Crippen molar-refractivity contribution in [1.82, 2.24) is 9.91 Å². The molecule has 2 aliphatic heterocycles. The molecule has 29 heavy (non-hydrogen) atoms. The highest BCUT2D eigenvalue weighted by molar-refractivity contribution is 6.02. The number of ether oxygens (including phenoxy) is 2. The summed E-state index contributed by atoms with van der Waals surface area (Å²) in [5.74, 6) is 1.68. The van der Waals surface area contributed by atoms with E-state index in [1.807, 2.05) is 48.5 Å². The van der Waals surface area contributed by atoms with E-state index >= 15 is 0 Å². The van der Waals surface area contributed by atoms with Crippen molar-refractivity contribution in [2.45, 2.75) is 25.3 Å². The maximum Gasteiger partial charge on any atom is 0.256 e. The van der Waals surface area contributed by atoms with Crippen molar-refractivity contribution >= 4 is 11.6 Å². The predicted octanol–water partition coefficient (Wildman–Crippen LogP) is 3.48. The zero-order valence-electron chi connectivity index (χ0n) is 17.0. The van der Waals surface area contributed by atoms with E-state index in [4.69, 9.17) is 9.47 Å². The molecule has 0 bridgehead atoms. The predicted molar refractivity (Wildman–Crippen MR) is 112 cm³/mol. The summed E-state index contributed by atoms with van der Waals surface area (Å²) in [6, 6.07) is 16.1. The molecular weight excluding hydrogens is 366 g/mol. The van der Waals surface area contributed by atoms with Crippen molar-refractivity contribution in [1.29, 1.82) is 0 Å². The molecule has 2 aromatic rings. The molecule has 1 saturated heterocycles. The van der Waals surface area contributed by atoms with Crippen LogP contribution >= 0.6 is 0 Å². The van der Waals surface area contributed by atoms with E-state index in [0.717, 1.165) is 54.1 Å². The summed E-state index contributed by atoms with van der Waals surface area (Å²) in [4.78, 5) is 15.2. The van der Waals surface area contributed by atoms with E-state index in [-0.39, 0.29) is 11.9 Å². The Labute approximate surface area is 171 Å². The number of hydrogen-bond acceptors (Lipinski definition) is 5. The van der Waals surface area contributed by atoms with Gasteiger partial charge in [-0.1, -0.05) is 30.3 Å². The highest BCUT2D eigenvalue weighted by Gasteiger charge is 2.32. The minimum Gasteiger partial charge on any atom is -0.497 e. The van der Waals surface area contributed by atoms with E-state index in [9.17, 15) is 4.79 Å². The summed E-state index contributed by atoms with van der Waals surface area (Å²) in [6.45, 7) is 1.89. The SMILES string of the molecule is COc1ccc(OC)c(C2CCCN2CC(=O)N2CCC(c3ccccc3)=N2)c1. The van der Waals surface area contributed by atoms with Gasteiger partial charge in [0.05, 0.1) is 33.0 Å². The summed E-state index contributed by atoms with van der Waals surface area (Å²) >= 11 is 0. The van der Waals surface area contributed by atoms with Crippen LogP contribution in [0.4, 0.5) is 0 Å². The molecule has 0 aliphatic carbocycles. The maximum absolute atomic E-state index is 13.0. The number of carbonyl (C=O) groups is 1. The van der Waals surface area contributed by atoms with E-state index in [2.05, 4.69) is 10.0 Å². The van der Waals surface area contributed by atoms with Crippen molar-refractivity contribution < 1.29 is 14.3 Å². The lowest BCUT2D eigenvalue weighted by Gasteiger charge is -2.27. The molecule has 1 atom stereocenters. The molecule has 152 valence electrons. The quantitative estimate of drug-likeness (QED) is 0.754. The number of benzene rings is 2. The molecule has 2 aromatic carbocycles. The number of rotatable bonds is 6. The Bertz CT molecular complexity index is 897. The van der Waals surface area contributed by atoms with Gasteiger partial charge in [0, 0.05) is 18.0 Å². The van der Waals surface area contributed by atoms with Crippen LogP contribution in [0, 0.1) is 0 Å². The highest BCUT2D eigenvalue weighted by atomic mass is 16.5. The van der Waals surface area contributed by atoms with Crippen LogP contribution in [0.2, 0.25) is 0 Å². The van der Waals surface area contributed by atoms with Gasteiger partial charge in [-0.25, -0.2) is 5.01 Å². The second kappa shape index (κ2) is 8.66. The minimum absolute atomic E-state index is 0.0460. The lowest BCUT2D eigenvalue weighted by atomic mass is 10.0. The van der Waals surface area contributed by atoms with E-state index in [1.54, 1.807) is 19.2 Å². The Hall–Kier alpha value is -2.86. The van der Waals surface area contributed by atoms with Gasteiger partial charge in [0.2, 0.25) is 0 Å². The molecule has 6 nitrogen and oxygen atoms in total. The van der Waals surface area contributed by atoms with Crippen molar-refractivity contribution in [2.24, 2.45) is 5.10 Å². The van der Waals surface area contributed by atoms with Gasteiger partial charge in [-0.05, 0) is 43.1 Å². The first-order chi connectivity index (χ1) is 14.2. The number of nitrogens with zero attached hydrogens (tertiary/aromatic N) is 3. The van der Waals surface area contributed by atoms with Crippen LogP contribution in [0.1, 0.15) is 36.4 Å². The Kier molecular flexibility index (Phi) is 5.81. The largest absolute Gasteiger partial charge is 0.497 e. The molecular formula is C23H27N3O3. The second-order valence-corrected chi connectivity index (χ2v) is 7.42. The minimum atomic E-state index is 0.0460. The standard InChI is InChI=1S/C23H27N3O3/c1-28-18-10-11-22(29-2)19(15-18)21-9-6-13-25(21)16-23(27)26-14-12-20(24-26)17-7-4-3-5-8-17/h3-5,7-8,10-11,15,21H,6,9,12-14,16H2,1-2H3. The van der Waals surface area contributed by atoms with Crippen LogP contribution in [-0.2, 0) is 4.79 Å². The van der Waals surface area contributed by atoms with E-state index in [0.29, 0.717) is 13.1 Å². The molecule has 0 radical (unpaired) electrons. The number of likely N-dealkylation sites (tertiary alicyclic amines) is 1. The van der Waals surface area contributed by atoms with Gasteiger partial charge in [0.15, 0.2) is 0 Å². The third-order valence-electron chi connectivity index (χ3n) is 5.69. The van der Waals surface area contributed by atoms with Gasteiger partial charge in [0.1, 0.15) is 11.5 Å². The molecule has 1 amide bonds. The van der Waals surface area contributed by atoms with Gasteiger partial charge >= 0.3 is 0 Å². The number of hydrogen-bond donors (Lipinski definition) is 0. The molecule has 6 heteroatoms. The first kappa shape index (κ1) is 19.5. The maximum atomic E-state index is 13.0. The summed E-state index contributed by atoms with van der Waals surface area (Å²) in [5.41, 5.74) is 3.14. The lowest BCUT2D eigenvalue weighted by Crippen LogP contribution is -2.36. The van der Waals surface area contributed by atoms with Gasteiger partial charge < -0.3 is 9.47 Å². The summed E-state index contributed by atoms with van der Waals surface area (Å²) in [5, 5.41) is 6.21. The summed E-state index contributed by atoms with van der Waals surface area (Å²) < 4.78 is 11.0. The van der Waals surface area contributed by atoms with Crippen LogP contribution in [0.5, 0.6) is 11.5 Å². The van der Waals surface area contributed by atoms with Crippen LogP contribution in [0.15, 0.2) is 53.6 Å². The lowest BCUT2D eigenvalue weighted by molar-refractivity contribution is -0.132. The van der Waals surface area contributed by atoms with Crippen molar-refractivity contribution in [3.8, 4) is 11.5 Å². The molecule has 1 fully saturated rings.